The van der Waals surface area contributed by atoms with Crippen molar-refractivity contribution in [2.24, 2.45) is 0 Å². The highest BCUT2D eigenvalue weighted by atomic mass is 19.1. The van der Waals surface area contributed by atoms with Crippen LogP contribution in [-0.2, 0) is 11.3 Å². The molecule has 2 saturated heterocycles. The molecule has 2 aliphatic rings. The lowest BCUT2D eigenvalue weighted by Gasteiger charge is -2.19. The van der Waals surface area contributed by atoms with Crippen LogP contribution in [0.1, 0.15) is 24.8 Å². The molecule has 0 amide bonds. The third-order valence-electron chi connectivity index (χ3n) is 3.44. The van der Waals surface area contributed by atoms with Gasteiger partial charge in [-0.25, -0.2) is 4.39 Å². The van der Waals surface area contributed by atoms with Crippen LogP contribution in [-0.4, -0.2) is 23.2 Å². The Bertz CT molecular complexity index is 385. The maximum Gasteiger partial charge on any atom is 0.141 e. The van der Waals surface area contributed by atoms with Gasteiger partial charge in [0.1, 0.15) is 5.82 Å². The molecule has 3 nitrogen and oxygen atoms in total. The molecule has 16 heavy (non-hydrogen) atoms. The first kappa shape index (κ1) is 10.2. The van der Waals surface area contributed by atoms with E-state index in [0.29, 0.717) is 24.8 Å². The molecule has 2 aliphatic heterocycles. The molecule has 2 fully saturated rings. The molecule has 3 unspecified atom stereocenters. The topological polar surface area (TPSA) is 34.2 Å². The predicted octanol–water partition coefficient (Wildman–Crippen LogP) is 1.63. The van der Waals surface area contributed by atoms with Gasteiger partial charge in [0.25, 0.3) is 0 Å². The third-order valence-corrected chi connectivity index (χ3v) is 3.44. The lowest BCUT2D eigenvalue weighted by atomic mass is 9.95. The fraction of sp³-hybridized carbons (Fsp3) is 0.583. The summed E-state index contributed by atoms with van der Waals surface area (Å²) in [5.41, 5.74) is 0.891. The molecule has 2 bridgehead atoms. The molecular weight excluding hydrogens is 207 g/mol. The van der Waals surface area contributed by atoms with Crippen molar-refractivity contribution in [1.82, 2.24) is 10.3 Å². The summed E-state index contributed by atoms with van der Waals surface area (Å²) in [7, 11) is 0. The zero-order valence-electron chi connectivity index (χ0n) is 9.03. The molecule has 1 N–H and O–H groups in total. The molecule has 4 heteroatoms. The zero-order valence-corrected chi connectivity index (χ0v) is 9.03. The molecule has 0 radical (unpaired) electrons. The molecule has 1 aromatic rings. The second kappa shape index (κ2) is 4.11. The number of nitrogens with zero attached hydrogens (tertiary/aromatic N) is 1. The van der Waals surface area contributed by atoms with Gasteiger partial charge in [0.15, 0.2) is 0 Å². The van der Waals surface area contributed by atoms with E-state index in [1.165, 1.54) is 18.7 Å². The van der Waals surface area contributed by atoms with Crippen LogP contribution in [0.5, 0.6) is 0 Å². The monoisotopic (exact) mass is 222 g/mol. The van der Waals surface area contributed by atoms with Crippen molar-refractivity contribution in [1.29, 1.82) is 0 Å². The summed E-state index contributed by atoms with van der Waals surface area (Å²) >= 11 is 0. The van der Waals surface area contributed by atoms with Gasteiger partial charge in [0.05, 0.1) is 18.4 Å². The maximum absolute atomic E-state index is 12.9. The number of nitrogens with one attached hydrogen (secondary N) is 1. The summed E-state index contributed by atoms with van der Waals surface area (Å²) < 4.78 is 18.6. The van der Waals surface area contributed by atoms with Gasteiger partial charge in [-0.1, -0.05) is 0 Å². The fourth-order valence-electron chi connectivity index (χ4n) is 2.65. The van der Waals surface area contributed by atoms with Crippen molar-refractivity contribution >= 4 is 0 Å². The third kappa shape index (κ3) is 1.95. The van der Waals surface area contributed by atoms with Crippen LogP contribution in [0.2, 0.25) is 0 Å². The van der Waals surface area contributed by atoms with Crippen molar-refractivity contribution < 1.29 is 9.13 Å². The summed E-state index contributed by atoms with van der Waals surface area (Å²) in [5.74, 6) is -0.275. The summed E-state index contributed by atoms with van der Waals surface area (Å²) in [6, 6.07) is 1.95. The largest absolute Gasteiger partial charge is 0.373 e. The first-order valence-corrected chi connectivity index (χ1v) is 5.79. The quantitative estimate of drug-likeness (QED) is 0.844. The van der Waals surface area contributed by atoms with E-state index in [1.54, 1.807) is 6.20 Å². The van der Waals surface area contributed by atoms with Crippen LogP contribution in [0.25, 0.3) is 0 Å². The predicted molar refractivity (Wildman–Crippen MR) is 57.3 cm³/mol. The molecule has 1 aromatic heterocycles. The Morgan fingerprint density at radius 2 is 2.38 bits per heavy atom. The molecule has 86 valence electrons. The van der Waals surface area contributed by atoms with Crippen LogP contribution < -0.4 is 5.32 Å². The van der Waals surface area contributed by atoms with E-state index in [9.17, 15) is 4.39 Å². The summed E-state index contributed by atoms with van der Waals surface area (Å²) in [6.07, 6.45) is 7.19. The van der Waals surface area contributed by atoms with Gasteiger partial charge in [0, 0.05) is 18.8 Å². The highest BCUT2D eigenvalue weighted by Gasteiger charge is 2.40. The van der Waals surface area contributed by atoms with Crippen molar-refractivity contribution in [3.05, 3.63) is 29.8 Å². The number of hydrogen-bond acceptors (Lipinski definition) is 3. The van der Waals surface area contributed by atoms with Crippen LogP contribution >= 0.6 is 0 Å². The SMILES string of the molecule is Fc1cncc(CNC2CC3CCC2O3)c1. The second-order valence-corrected chi connectivity index (χ2v) is 4.61. The van der Waals surface area contributed by atoms with Gasteiger partial charge in [-0.2, -0.15) is 0 Å². The number of ether oxygens (including phenoxy) is 1. The van der Waals surface area contributed by atoms with Crippen LogP contribution in [0, 0.1) is 5.82 Å². The van der Waals surface area contributed by atoms with Crippen LogP contribution in [0.3, 0.4) is 0 Å². The van der Waals surface area contributed by atoms with Gasteiger partial charge < -0.3 is 10.1 Å². The average molecular weight is 222 g/mol. The zero-order chi connectivity index (χ0) is 11.0. The fourth-order valence-corrected chi connectivity index (χ4v) is 2.65. The lowest BCUT2D eigenvalue weighted by Crippen LogP contribution is -2.37. The van der Waals surface area contributed by atoms with E-state index in [2.05, 4.69) is 10.3 Å². The molecule has 0 aliphatic carbocycles. The summed E-state index contributed by atoms with van der Waals surface area (Å²) in [5, 5.41) is 3.42. The van der Waals surface area contributed by atoms with E-state index in [4.69, 9.17) is 4.74 Å². The van der Waals surface area contributed by atoms with Crippen molar-refractivity contribution in [2.45, 2.75) is 44.1 Å². The summed E-state index contributed by atoms with van der Waals surface area (Å²) in [6.45, 7) is 0.669. The van der Waals surface area contributed by atoms with E-state index >= 15 is 0 Å². The Hall–Kier alpha value is -1.00. The molecular formula is C12H15FN2O. The molecule has 0 spiro atoms. The Balaban J connectivity index is 1.57. The molecule has 0 saturated carbocycles. The minimum absolute atomic E-state index is 0.275. The van der Waals surface area contributed by atoms with Crippen molar-refractivity contribution in [3.8, 4) is 0 Å². The van der Waals surface area contributed by atoms with Crippen LogP contribution in [0.15, 0.2) is 18.5 Å². The molecule has 0 aromatic carbocycles. The minimum Gasteiger partial charge on any atom is -0.373 e. The number of pyridine rings is 1. The second-order valence-electron chi connectivity index (χ2n) is 4.61. The van der Waals surface area contributed by atoms with E-state index in [0.717, 1.165) is 18.4 Å². The lowest BCUT2D eigenvalue weighted by molar-refractivity contribution is 0.0973. The number of hydrogen-bond donors (Lipinski definition) is 1. The van der Waals surface area contributed by atoms with Gasteiger partial charge in [0.2, 0.25) is 0 Å². The van der Waals surface area contributed by atoms with Gasteiger partial charge >= 0.3 is 0 Å². The molecule has 3 heterocycles. The minimum atomic E-state index is -0.275. The van der Waals surface area contributed by atoms with Gasteiger partial charge in [-0.15, -0.1) is 0 Å². The Morgan fingerprint density at radius 1 is 1.44 bits per heavy atom. The van der Waals surface area contributed by atoms with Crippen LogP contribution in [0.4, 0.5) is 4.39 Å². The average Bonchev–Trinajstić information content (AvgIpc) is 2.88. The van der Waals surface area contributed by atoms with E-state index in [-0.39, 0.29) is 5.82 Å². The highest BCUT2D eigenvalue weighted by Crippen LogP contribution is 2.34. The van der Waals surface area contributed by atoms with E-state index in [1.807, 2.05) is 0 Å². The number of rotatable bonds is 3. The number of halogens is 1. The van der Waals surface area contributed by atoms with Gasteiger partial charge in [-0.3, -0.25) is 4.98 Å². The smallest absolute Gasteiger partial charge is 0.141 e. The first-order chi connectivity index (χ1) is 7.81. The standard InChI is InChI=1S/C12H15FN2O/c13-9-3-8(5-14-7-9)6-15-11-4-10-1-2-12(11)16-10/h3,5,7,10-12,15H,1-2,4,6H2. The Labute approximate surface area is 94.0 Å². The molecule has 3 atom stereocenters. The number of fused-ring (bicyclic) bond motifs is 2. The Morgan fingerprint density at radius 3 is 3.06 bits per heavy atom. The van der Waals surface area contributed by atoms with E-state index < -0.39 is 0 Å². The van der Waals surface area contributed by atoms with Crippen molar-refractivity contribution in [2.75, 3.05) is 0 Å². The van der Waals surface area contributed by atoms with Gasteiger partial charge in [-0.05, 0) is 30.9 Å². The maximum atomic E-state index is 12.9. The highest BCUT2D eigenvalue weighted by molar-refractivity contribution is 5.10. The number of aromatic nitrogens is 1. The van der Waals surface area contributed by atoms with Crippen molar-refractivity contribution in [3.63, 3.8) is 0 Å². The Kier molecular flexibility index (Phi) is 2.61. The first-order valence-electron chi connectivity index (χ1n) is 5.79. The normalized spacial score (nSPS) is 32.2. The molecule has 3 rings (SSSR count). The summed E-state index contributed by atoms with van der Waals surface area (Å²) in [4.78, 5) is 3.83.